The summed E-state index contributed by atoms with van der Waals surface area (Å²) in [5, 5.41) is 3.73. The Morgan fingerprint density at radius 3 is 2.31 bits per heavy atom. The zero-order chi connectivity index (χ0) is 22.1. The lowest BCUT2D eigenvalue weighted by Gasteiger charge is -2.21. The monoisotopic (exact) mass is 531 g/mol. The number of alkyl halides is 5. The van der Waals surface area contributed by atoms with Crippen LogP contribution in [0.15, 0.2) is 12.4 Å². The maximum absolute atomic E-state index is 13.7. The van der Waals surface area contributed by atoms with E-state index >= 15 is 0 Å². The van der Waals surface area contributed by atoms with Gasteiger partial charge in [-0.3, -0.25) is 9.59 Å². The second-order valence-electron chi connectivity index (χ2n) is 6.43. The van der Waals surface area contributed by atoms with Crippen molar-refractivity contribution < 1.29 is 36.3 Å². The molecule has 0 atom stereocenters. The van der Waals surface area contributed by atoms with Gasteiger partial charge in [-0.15, -0.1) is 0 Å². The number of ether oxygens (including phenoxy) is 1. The van der Waals surface area contributed by atoms with Crippen molar-refractivity contribution in [2.75, 3.05) is 0 Å². The van der Waals surface area contributed by atoms with Gasteiger partial charge in [0.2, 0.25) is 0 Å². The Balaban J connectivity index is 2.94. The van der Waals surface area contributed by atoms with Gasteiger partial charge in [0.15, 0.2) is 11.4 Å². The van der Waals surface area contributed by atoms with Gasteiger partial charge in [0, 0.05) is 18.7 Å². The largest absolute Gasteiger partial charge is 0.437 e. The van der Waals surface area contributed by atoms with Crippen LogP contribution in [0.4, 0.5) is 22.0 Å². The van der Waals surface area contributed by atoms with Gasteiger partial charge in [0.05, 0.1) is 15.3 Å². The van der Waals surface area contributed by atoms with E-state index in [0.29, 0.717) is 3.57 Å². The fourth-order valence-electron chi connectivity index (χ4n) is 2.61. The highest BCUT2D eigenvalue weighted by molar-refractivity contribution is 14.1. The predicted octanol–water partition coefficient (Wildman–Crippen LogP) is 4.65. The van der Waals surface area contributed by atoms with Crippen LogP contribution in [0.3, 0.4) is 0 Å². The predicted molar refractivity (Wildman–Crippen MR) is 98.7 cm³/mol. The Bertz CT molecular complexity index is 941. The molecule has 158 valence electrons. The van der Waals surface area contributed by atoms with E-state index in [1.165, 1.54) is 12.4 Å². The maximum atomic E-state index is 13.7. The van der Waals surface area contributed by atoms with Gasteiger partial charge < -0.3 is 4.74 Å². The minimum atomic E-state index is -5.19. The van der Waals surface area contributed by atoms with Crippen molar-refractivity contribution in [3.05, 3.63) is 38.5 Å². The van der Waals surface area contributed by atoms with Crippen molar-refractivity contribution in [1.29, 1.82) is 0 Å². The van der Waals surface area contributed by atoms with Crippen molar-refractivity contribution in [1.82, 2.24) is 14.8 Å². The van der Waals surface area contributed by atoms with E-state index in [0.717, 1.165) is 11.6 Å². The summed E-state index contributed by atoms with van der Waals surface area (Å²) in [5.74, 6) is -3.62. The van der Waals surface area contributed by atoms with Crippen LogP contribution in [0.5, 0.6) is 5.75 Å². The second kappa shape index (κ2) is 8.71. The minimum Gasteiger partial charge on any atom is -0.424 e. The first-order valence-corrected chi connectivity index (χ1v) is 9.26. The third-order valence-electron chi connectivity index (χ3n) is 3.59. The SMILES string of the molecule is CC(=O)Oc1c(C(F)(F)F)nc(C(F)F)c(C(=O)n2cc(I)cn2)c1CC(C)C. The summed E-state index contributed by atoms with van der Waals surface area (Å²) < 4.78 is 73.8. The molecule has 29 heavy (non-hydrogen) atoms. The summed E-state index contributed by atoms with van der Waals surface area (Å²) in [5.41, 5.74) is -4.37. The molecular formula is C17H15F5IN3O3. The molecule has 2 aromatic rings. The number of esters is 1. The van der Waals surface area contributed by atoms with Crippen LogP contribution in [0, 0.1) is 9.49 Å². The fourth-order valence-corrected chi connectivity index (χ4v) is 3.00. The highest BCUT2D eigenvalue weighted by atomic mass is 127. The molecule has 2 heterocycles. The Morgan fingerprint density at radius 2 is 1.90 bits per heavy atom. The van der Waals surface area contributed by atoms with Crippen LogP contribution < -0.4 is 4.74 Å². The molecule has 0 spiro atoms. The van der Waals surface area contributed by atoms with E-state index in [4.69, 9.17) is 4.74 Å². The van der Waals surface area contributed by atoms with Gasteiger partial charge in [-0.25, -0.2) is 18.4 Å². The Kier molecular flexibility index (Phi) is 6.96. The summed E-state index contributed by atoms with van der Waals surface area (Å²) in [7, 11) is 0. The second-order valence-corrected chi connectivity index (χ2v) is 7.67. The summed E-state index contributed by atoms with van der Waals surface area (Å²) in [4.78, 5) is 27.3. The molecule has 0 radical (unpaired) electrons. The topological polar surface area (TPSA) is 74.1 Å². The van der Waals surface area contributed by atoms with Gasteiger partial charge >= 0.3 is 12.1 Å². The van der Waals surface area contributed by atoms with Crippen molar-refractivity contribution in [2.24, 2.45) is 5.92 Å². The van der Waals surface area contributed by atoms with Gasteiger partial charge in [-0.2, -0.15) is 18.3 Å². The lowest BCUT2D eigenvalue weighted by molar-refractivity contribution is -0.145. The lowest BCUT2D eigenvalue weighted by atomic mass is 9.94. The fraction of sp³-hybridized carbons (Fsp3) is 0.412. The molecule has 2 aromatic heterocycles. The summed E-state index contributed by atoms with van der Waals surface area (Å²) in [6.07, 6.45) is -6.42. The molecule has 6 nitrogen and oxygen atoms in total. The molecule has 0 saturated heterocycles. The van der Waals surface area contributed by atoms with Crippen molar-refractivity contribution in [3.8, 4) is 5.75 Å². The van der Waals surface area contributed by atoms with Crippen LogP contribution in [0.1, 0.15) is 54.5 Å². The molecule has 0 aromatic carbocycles. The molecule has 2 rings (SSSR count). The van der Waals surface area contributed by atoms with Crippen LogP contribution >= 0.6 is 22.6 Å². The molecule has 0 amide bonds. The first kappa shape index (κ1) is 23.2. The molecule has 0 unspecified atom stereocenters. The van der Waals surface area contributed by atoms with E-state index in [9.17, 15) is 31.5 Å². The summed E-state index contributed by atoms with van der Waals surface area (Å²) >= 11 is 1.83. The number of aromatic nitrogens is 3. The van der Waals surface area contributed by atoms with E-state index in [-0.39, 0.29) is 12.3 Å². The zero-order valence-corrected chi connectivity index (χ0v) is 17.5. The highest BCUT2D eigenvalue weighted by Crippen LogP contribution is 2.42. The number of rotatable bonds is 5. The summed E-state index contributed by atoms with van der Waals surface area (Å²) in [6, 6.07) is 0. The van der Waals surface area contributed by atoms with Crippen LogP contribution in [-0.4, -0.2) is 26.6 Å². The first-order chi connectivity index (χ1) is 13.3. The smallest absolute Gasteiger partial charge is 0.424 e. The van der Waals surface area contributed by atoms with Gasteiger partial charge in [0.25, 0.3) is 12.3 Å². The van der Waals surface area contributed by atoms with Crippen LogP contribution in [0.2, 0.25) is 0 Å². The van der Waals surface area contributed by atoms with Crippen molar-refractivity contribution >= 4 is 34.5 Å². The zero-order valence-electron chi connectivity index (χ0n) is 15.4. The number of carbonyl (C=O) groups excluding carboxylic acids is 2. The number of halogens is 6. The highest BCUT2D eigenvalue weighted by Gasteiger charge is 2.42. The number of pyridine rings is 1. The van der Waals surface area contributed by atoms with E-state index < -0.39 is 52.7 Å². The molecule has 0 saturated carbocycles. The Hall–Kier alpha value is -2.12. The van der Waals surface area contributed by atoms with E-state index in [1.54, 1.807) is 13.8 Å². The van der Waals surface area contributed by atoms with Gasteiger partial charge in [0.1, 0.15) is 5.69 Å². The number of hydrogen-bond donors (Lipinski definition) is 0. The van der Waals surface area contributed by atoms with Gasteiger partial charge in [-0.1, -0.05) is 13.8 Å². The number of carbonyl (C=O) groups is 2. The van der Waals surface area contributed by atoms with Gasteiger partial charge in [-0.05, 0) is 34.9 Å². The summed E-state index contributed by atoms with van der Waals surface area (Å²) in [6.45, 7) is 4.08. The molecular weight excluding hydrogens is 516 g/mol. The van der Waals surface area contributed by atoms with Crippen molar-refractivity contribution in [2.45, 2.75) is 39.8 Å². The number of hydrogen-bond acceptors (Lipinski definition) is 5. The van der Waals surface area contributed by atoms with Crippen molar-refractivity contribution in [3.63, 3.8) is 0 Å². The molecule has 0 fully saturated rings. The van der Waals surface area contributed by atoms with Crippen LogP contribution in [-0.2, 0) is 17.4 Å². The molecule has 0 aliphatic rings. The standard InChI is InChI=1S/C17H15F5IN3O3/c1-7(2)4-10-11(16(28)26-6-9(23)5-24-26)12(15(18)19)25-14(17(20,21)22)13(10)29-8(3)27/h5-7,15H,4H2,1-3H3. The van der Waals surface area contributed by atoms with E-state index in [2.05, 4.69) is 10.1 Å². The third kappa shape index (κ3) is 5.28. The number of nitrogens with zero attached hydrogens (tertiary/aromatic N) is 3. The van der Waals surface area contributed by atoms with E-state index in [1.807, 2.05) is 22.6 Å². The first-order valence-electron chi connectivity index (χ1n) is 8.18. The maximum Gasteiger partial charge on any atom is 0.437 e. The molecule has 0 aliphatic carbocycles. The minimum absolute atomic E-state index is 0.243. The molecule has 0 aliphatic heterocycles. The lowest BCUT2D eigenvalue weighted by Crippen LogP contribution is -2.24. The molecule has 12 heteroatoms. The molecule has 0 N–H and O–H groups in total. The average Bonchev–Trinajstić information content (AvgIpc) is 2.99. The molecule has 0 bridgehead atoms. The normalized spacial score (nSPS) is 12.0. The average molecular weight is 531 g/mol. The quantitative estimate of drug-likeness (QED) is 0.319. The Labute approximate surface area is 175 Å². The Morgan fingerprint density at radius 1 is 1.28 bits per heavy atom. The van der Waals surface area contributed by atoms with Crippen LogP contribution in [0.25, 0.3) is 0 Å². The third-order valence-corrected chi connectivity index (χ3v) is 4.14.